The number of ether oxygens (including phenoxy) is 4. The molecule has 0 aliphatic heterocycles. The second-order valence-electron chi connectivity index (χ2n) is 4.83. The molecule has 0 spiro atoms. The summed E-state index contributed by atoms with van der Waals surface area (Å²) in [6.45, 7) is 0.393. The molecule has 5 nitrogen and oxygen atoms in total. The van der Waals surface area contributed by atoms with E-state index in [-0.39, 0.29) is 0 Å². The number of rotatable bonds is 8. The van der Waals surface area contributed by atoms with Crippen molar-refractivity contribution in [1.29, 1.82) is 0 Å². The minimum absolute atomic E-state index is 0.393. The third kappa shape index (κ3) is 3.36. The van der Waals surface area contributed by atoms with Crippen LogP contribution in [0.5, 0.6) is 5.75 Å². The summed E-state index contributed by atoms with van der Waals surface area (Å²) >= 11 is 0. The first-order chi connectivity index (χ1) is 11.2. The van der Waals surface area contributed by atoms with Gasteiger partial charge in [-0.15, -0.1) is 0 Å². The predicted octanol–water partition coefficient (Wildman–Crippen LogP) is 3.06. The van der Waals surface area contributed by atoms with Crippen molar-refractivity contribution in [3.8, 4) is 5.75 Å². The first-order valence-electron chi connectivity index (χ1n) is 7.10. The predicted molar refractivity (Wildman–Crippen MR) is 85.0 cm³/mol. The van der Waals surface area contributed by atoms with Crippen molar-refractivity contribution < 1.29 is 23.7 Å². The Morgan fingerprint density at radius 3 is 2.00 bits per heavy atom. The van der Waals surface area contributed by atoms with Crippen LogP contribution in [0.2, 0.25) is 0 Å². The summed E-state index contributed by atoms with van der Waals surface area (Å²) in [4.78, 5) is 11.1. The molecule has 0 aliphatic carbocycles. The zero-order chi connectivity index (χ0) is 16.7. The van der Waals surface area contributed by atoms with Gasteiger partial charge in [-0.3, -0.25) is 4.79 Å². The first-order valence-corrected chi connectivity index (χ1v) is 7.10. The Bertz CT molecular complexity index is 605. The summed E-state index contributed by atoms with van der Waals surface area (Å²) in [5, 5.41) is 0. The first kappa shape index (κ1) is 17.0. The van der Waals surface area contributed by atoms with Crippen molar-refractivity contribution in [3.63, 3.8) is 0 Å². The monoisotopic (exact) mass is 316 g/mol. The van der Waals surface area contributed by atoms with Crippen molar-refractivity contribution in [2.75, 3.05) is 21.3 Å². The Morgan fingerprint density at radius 2 is 1.52 bits per heavy atom. The normalized spacial score (nSPS) is 12.5. The molecule has 122 valence electrons. The highest BCUT2D eigenvalue weighted by molar-refractivity contribution is 5.41. The second kappa shape index (κ2) is 7.76. The van der Waals surface area contributed by atoms with Crippen LogP contribution >= 0.6 is 0 Å². The molecule has 0 aliphatic rings. The quantitative estimate of drug-likeness (QED) is 0.553. The van der Waals surface area contributed by atoms with Crippen molar-refractivity contribution in [2.45, 2.75) is 11.9 Å². The van der Waals surface area contributed by atoms with Gasteiger partial charge in [0.25, 0.3) is 6.47 Å². The van der Waals surface area contributed by atoms with Crippen molar-refractivity contribution in [3.05, 3.63) is 65.7 Å². The van der Waals surface area contributed by atoms with Gasteiger partial charge in [0.2, 0.25) is 5.79 Å². The Kier molecular flexibility index (Phi) is 5.73. The Labute approximate surface area is 135 Å². The van der Waals surface area contributed by atoms with E-state index in [0.717, 1.165) is 11.1 Å². The molecule has 0 saturated heterocycles. The van der Waals surface area contributed by atoms with E-state index in [4.69, 9.17) is 18.9 Å². The van der Waals surface area contributed by atoms with Crippen LogP contribution in [0.25, 0.3) is 0 Å². The molecule has 1 unspecified atom stereocenters. The number of hydrogen-bond acceptors (Lipinski definition) is 5. The molecular weight excluding hydrogens is 296 g/mol. The SMILES string of the molecule is COc1ccc(C(OC=O)C(OC)(OC)c2ccccc2)cc1. The third-order valence-electron chi connectivity index (χ3n) is 3.74. The molecule has 0 bridgehead atoms. The highest BCUT2D eigenvalue weighted by Crippen LogP contribution is 2.41. The zero-order valence-electron chi connectivity index (χ0n) is 13.4. The van der Waals surface area contributed by atoms with Gasteiger partial charge in [0.05, 0.1) is 7.11 Å². The molecule has 0 saturated carbocycles. The van der Waals surface area contributed by atoms with Crippen LogP contribution in [0.1, 0.15) is 17.2 Å². The molecule has 2 rings (SSSR count). The maximum absolute atomic E-state index is 11.1. The lowest BCUT2D eigenvalue weighted by Gasteiger charge is -2.37. The smallest absolute Gasteiger partial charge is 0.293 e. The summed E-state index contributed by atoms with van der Waals surface area (Å²) in [7, 11) is 4.62. The molecule has 2 aromatic rings. The van der Waals surface area contributed by atoms with Crippen LogP contribution in [0, 0.1) is 0 Å². The number of carbonyl (C=O) groups excluding carboxylic acids is 1. The van der Waals surface area contributed by atoms with Gasteiger partial charge in [-0.2, -0.15) is 0 Å². The molecule has 1 atom stereocenters. The molecular formula is C18H20O5. The number of methoxy groups -OCH3 is 3. The summed E-state index contributed by atoms with van der Waals surface area (Å²) in [6.07, 6.45) is -0.775. The fourth-order valence-corrected chi connectivity index (χ4v) is 2.58. The molecule has 0 fully saturated rings. The summed E-state index contributed by atoms with van der Waals surface area (Å²) in [5.74, 6) is -0.546. The van der Waals surface area contributed by atoms with Crippen molar-refractivity contribution in [2.24, 2.45) is 0 Å². The van der Waals surface area contributed by atoms with E-state index in [1.807, 2.05) is 42.5 Å². The lowest BCUT2D eigenvalue weighted by atomic mass is 9.94. The molecule has 0 aromatic heterocycles. The molecule has 2 aromatic carbocycles. The van der Waals surface area contributed by atoms with Gasteiger partial charge in [0, 0.05) is 19.8 Å². The Hall–Kier alpha value is -2.37. The van der Waals surface area contributed by atoms with Gasteiger partial charge < -0.3 is 18.9 Å². The number of hydrogen-bond donors (Lipinski definition) is 0. The highest BCUT2D eigenvalue weighted by Gasteiger charge is 2.44. The zero-order valence-corrected chi connectivity index (χ0v) is 13.4. The van der Waals surface area contributed by atoms with Crippen molar-refractivity contribution in [1.82, 2.24) is 0 Å². The van der Waals surface area contributed by atoms with E-state index < -0.39 is 11.9 Å². The van der Waals surface area contributed by atoms with E-state index >= 15 is 0 Å². The average molecular weight is 316 g/mol. The fraction of sp³-hybridized carbons (Fsp3) is 0.278. The van der Waals surface area contributed by atoms with E-state index in [1.165, 1.54) is 14.2 Å². The molecule has 0 amide bonds. The van der Waals surface area contributed by atoms with Gasteiger partial charge in [0.1, 0.15) is 5.75 Å². The fourth-order valence-electron chi connectivity index (χ4n) is 2.58. The van der Waals surface area contributed by atoms with E-state index in [2.05, 4.69) is 0 Å². The van der Waals surface area contributed by atoms with Crippen LogP contribution in [-0.4, -0.2) is 27.8 Å². The molecule has 0 N–H and O–H groups in total. The van der Waals surface area contributed by atoms with E-state index in [1.54, 1.807) is 19.2 Å². The van der Waals surface area contributed by atoms with Gasteiger partial charge in [-0.25, -0.2) is 0 Å². The maximum atomic E-state index is 11.1. The van der Waals surface area contributed by atoms with Gasteiger partial charge in [-0.1, -0.05) is 42.5 Å². The standard InChI is InChI=1S/C18H20O5/c1-20-16-11-9-14(10-12-16)17(23-13-19)18(21-2,22-3)15-7-5-4-6-8-15/h4-13,17H,1-3H3. The summed E-state index contributed by atoms with van der Waals surface area (Å²) < 4.78 is 21.8. The summed E-state index contributed by atoms with van der Waals surface area (Å²) in [6, 6.07) is 16.5. The second-order valence-corrected chi connectivity index (χ2v) is 4.83. The third-order valence-corrected chi connectivity index (χ3v) is 3.74. The van der Waals surface area contributed by atoms with Gasteiger partial charge in [0.15, 0.2) is 6.10 Å². The Morgan fingerprint density at radius 1 is 0.913 bits per heavy atom. The lowest BCUT2D eigenvalue weighted by molar-refractivity contribution is -0.274. The van der Waals surface area contributed by atoms with E-state index in [9.17, 15) is 4.79 Å². The Balaban J connectivity index is 2.52. The van der Waals surface area contributed by atoms with Gasteiger partial charge in [-0.05, 0) is 17.7 Å². The van der Waals surface area contributed by atoms with Crippen LogP contribution < -0.4 is 4.74 Å². The van der Waals surface area contributed by atoms with Crippen LogP contribution in [0.15, 0.2) is 54.6 Å². The van der Waals surface area contributed by atoms with Gasteiger partial charge >= 0.3 is 0 Å². The van der Waals surface area contributed by atoms with E-state index in [0.29, 0.717) is 12.2 Å². The molecule has 5 heteroatoms. The topological polar surface area (TPSA) is 54.0 Å². The maximum Gasteiger partial charge on any atom is 0.293 e. The molecule has 0 heterocycles. The van der Waals surface area contributed by atoms with Crippen LogP contribution in [0.3, 0.4) is 0 Å². The highest BCUT2D eigenvalue weighted by atomic mass is 16.7. The molecule has 0 radical (unpaired) electrons. The molecule has 23 heavy (non-hydrogen) atoms. The number of carbonyl (C=O) groups is 1. The lowest BCUT2D eigenvalue weighted by Crippen LogP contribution is -2.39. The van der Waals surface area contributed by atoms with Crippen molar-refractivity contribution >= 4 is 6.47 Å². The number of benzene rings is 2. The largest absolute Gasteiger partial charge is 0.497 e. The minimum atomic E-state index is -1.25. The summed E-state index contributed by atoms with van der Waals surface area (Å²) in [5.41, 5.74) is 1.47. The average Bonchev–Trinajstić information content (AvgIpc) is 2.63. The van der Waals surface area contributed by atoms with Crippen LogP contribution in [0.4, 0.5) is 0 Å². The van der Waals surface area contributed by atoms with Crippen LogP contribution in [-0.2, 0) is 24.8 Å². The minimum Gasteiger partial charge on any atom is -0.497 e.